The van der Waals surface area contributed by atoms with Gasteiger partial charge in [-0.05, 0) is 133 Å². The average molecular weight is 545 g/mol. The molecule has 2 aromatic carbocycles. The van der Waals surface area contributed by atoms with E-state index in [1.54, 1.807) is 16.7 Å². The minimum Gasteiger partial charge on any atom is -0.235 e. The van der Waals surface area contributed by atoms with Crippen molar-refractivity contribution < 1.29 is 8.78 Å². The third-order valence-corrected chi connectivity index (χ3v) is 16.9. The molecule has 16 rings (SSSR count). The molecule has 42 heavy (non-hydrogen) atoms. The van der Waals surface area contributed by atoms with Gasteiger partial charge in [0.05, 0.1) is 0 Å². The molecule has 4 saturated carbocycles. The molecule has 0 heterocycles. The number of hydrogen-bond donors (Lipinski definition) is 0. The molecule has 2 heteroatoms. The highest BCUT2D eigenvalue weighted by Crippen LogP contribution is 2.86. The number of halogens is 2. The van der Waals surface area contributed by atoms with Crippen molar-refractivity contribution in [1.29, 1.82) is 0 Å². The van der Waals surface area contributed by atoms with Gasteiger partial charge in [0.1, 0.15) is 0 Å². The number of hydrogen-bond acceptors (Lipinski definition) is 0. The molecule has 14 aliphatic rings. The second kappa shape index (κ2) is 4.90. The maximum absolute atomic E-state index is 19.0. The molecule has 0 nitrogen and oxygen atoms in total. The van der Waals surface area contributed by atoms with Crippen molar-refractivity contribution in [3.63, 3.8) is 0 Å². The summed E-state index contributed by atoms with van der Waals surface area (Å²) in [5.74, 6) is 4.73. The van der Waals surface area contributed by atoms with Crippen molar-refractivity contribution in [1.82, 2.24) is 0 Å². The van der Waals surface area contributed by atoms with Gasteiger partial charge in [0.2, 0.25) is 0 Å². The van der Waals surface area contributed by atoms with Gasteiger partial charge in [-0.2, -0.15) is 0 Å². The predicted molar refractivity (Wildman–Crippen MR) is 155 cm³/mol. The number of alkyl halides is 2. The smallest absolute Gasteiger partial charge is 0.181 e. The molecule has 0 amide bonds. The monoisotopic (exact) mass is 544 g/mol. The van der Waals surface area contributed by atoms with Gasteiger partial charge in [-0.25, -0.2) is 8.78 Å². The van der Waals surface area contributed by atoms with Crippen molar-refractivity contribution in [3.05, 3.63) is 104 Å². The van der Waals surface area contributed by atoms with Crippen LogP contribution in [0.5, 0.6) is 0 Å². The van der Waals surface area contributed by atoms with Crippen LogP contribution < -0.4 is 0 Å². The molecule has 0 aliphatic heterocycles. The highest BCUT2D eigenvalue weighted by atomic mass is 19.2. The molecule has 0 spiro atoms. The lowest BCUT2D eigenvalue weighted by Gasteiger charge is -2.52. The molecule has 14 aliphatic carbocycles. The minimum atomic E-state index is -1.92. The molecule has 16 unspecified atom stereocenters. The van der Waals surface area contributed by atoms with E-state index >= 15 is 8.78 Å². The third kappa shape index (κ3) is 1.26. The maximum Gasteiger partial charge on any atom is 0.181 e. The first-order valence-electron chi connectivity index (χ1n) is 17.0. The Morgan fingerprint density at radius 3 is 2.05 bits per heavy atom. The molecule has 4 fully saturated rings. The van der Waals surface area contributed by atoms with Gasteiger partial charge >= 0.3 is 0 Å². The molecule has 0 radical (unpaired) electrons. The molecular formula is C40H26F2. The molecule has 0 aromatic heterocycles. The van der Waals surface area contributed by atoms with Crippen LogP contribution in [0.3, 0.4) is 0 Å². The van der Waals surface area contributed by atoms with Gasteiger partial charge < -0.3 is 0 Å². The van der Waals surface area contributed by atoms with E-state index in [9.17, 15) is 0 Å². The Morgan fingerprint density at radius 1 is 0.571 bits per heavy atom. The fraction of sp³-hybridized carbons (Fsp3) is 0.450. The van der Waals surface area contributed by atoms with Gasteiger partial charge in [-0.1, -0.05) is 59.7 Å². The van der Waals surface area contributed by atoms with Crippen molar-refractivity contribution in [2.45, 2.75) is 41.9 Å². The Kier molecular flexibility index (Phi) is 2.25. The fourth-order valence-corrected chi connectivity index (χ4v) is 16.6. The fourth-order valence-electron chi connectivity index (χ4n) is 16.6. The minimum absolute atomic E-state index is 0.142. The number of benzene rings is 2. The summed E-state index contributed by atoms with van der Waals surface area (Å²) in [6, 6.07) is 4.65. The number of rotatable bonds is 0. The first-order valence-corrected chi connectivity index (χ1v) is 17.0. The zero-order chi connectivity index (χ0) is 26.2. The predicted octanol–water partition coefficient (Wildman–Crippen LogP) is 8.18. The Bertz CT molecular complexity index is 2240. The first kappa shape index (κ1) is 19.3. The van der Waals surface area contributed by atoms with Gasteiger partial charge in [0.15, 0.2) is 11.3 Å². The zero-order valence-electron chi connectivity index (χ0n) is 22.9. The van der Waals surface area contributed by atoms with Crippen LogP contribution in [0.1, 0.15) is 64.0 Å². The van der Waals surface area contributed by atoms with Crippen molar-refractivity contribution >= 4 is 21.9 Å². The van der Waals surface area contributed by atoms with Crippen LogP contribution in [0.2, 0.25) is 0 Å². The van der Waals surface area contributed by atoms with Gasteiger partial charge in [-0.3, -0.25) is 0 Å². The van der Waals surface area contributed by atoms with Crippen LogP contribution in [-0.2, 0) is 5.67 Å². The summed E-state index contributed by atoms with van der Waals surface area (Å²) < 4.78 is 38.0. The van der Waals surface area contributed by atoms with Crippen molar-refractivity contribution in [2.24, 2.45) is 65.1 Å². The third-order valence-electron chi connectivity index (χ3n) is 16.9. The summed E-state index contributed by atoms with van der Waals surface area (Å²) in [4.78, 5) is 0. The Balaban J connectivity index is 1.26. The van der Waals surface area contributed by atoms with E-state index in [1.807, 2.05) is 0 Å². The van der Waals surface area contributed by atoms with E-state index in [0.717, 1.165) is 29.5 Å². The normalized spacial score (nSPS) is 57.7. The number of allylic oxidation sites excluding steroid dienone is 12. The lowest BCUT2D eigenvalue weighted by molar-refractivity contribution is -0.0966. The van der Waals surface area contributed by atoms with E-state index in [2.05, 4.69) is 48.6 Å². The van der Waals surface area contributed by atoms with E-state index < -0.39 is 11.3 Å². The van der Waals surface area contributed by atoms with Gasteiger partial charge in [0, 0.05) is 29.2 Å². The van der Waals surface area contributed by atoms with Crippen molar-refractivity contribution in [2.75, 3.05) is 0 Å². The molecular weight excluding hydrogens is 518 g/mol. The zero-order valence-corrected chi connectivity index (χ0v) is 22.9. The van der Waals surface area contributed by atoms with Gasteiger partial charge in [-0.15, -0.1) is 0 Å². The van der Waals surface area contributed by atoms with Gasteiger partial charge in [0.25, 0.3) is 0 Å². The van der Waals surface area contributed by atoms with Crippen LogP contribution in [0.4, 0.5) is 8.78 Å². The SMILES string of the molecule is FC12C3=C4C5=C6C7C8C=CC9C%10C=CC%11c%12ccc%13c%14c(c4c4c(c%12%14)C%11C%10C(=C54)C97)C1(F)C%13CCC2C1C=CC8C6C31. The van der Waals surface area contributed by atoms with Crippen LogP contribution in [0.15, 0.2) is 70.9 Å². The molecule has 200 valence electrons. The molecule has 0 N–H and O–H groups in total. The topological polar surface area (TPSA) is 0 Å². The maximum atomic E-state index is 19.0. The lowest BCUT2D eigenvalue weighted by Crippen LogP contribution is -2.56. The Hall–Kier alpha value is -3.00. The molecule has 16 atom stereocenters. The average Bonchev–Trinajstić information content (AvgIpc) is 3.79. The highest BCUT2D eigenvalue weighted by Gasteiger charge is 2.82. The van der Waals surface area contributed by atoms with Crippen LogP contribution in [-0.4, -0.2) is 5.67 Å². The summed E-state index contributed by atoms with van der Waals surface area (Å²) in [5.41, 5.74) is 12.6. The van der Waals surface area contributed by atoms with E-state index in [0.29, 0.717) is 59.2 Å². The summed E-state index contributed by atoms with van der Waals surface area (Å²) in [5, 5.41) is 2.55. The quantitative estimate of drug-likeness (QED) is 0.294. The molecule has 0 saturated heterocycles. The van der Waals surface area contributed by atoms with E-state index in [-0.39, 0.29) is 23.7 Å². The first-order chi connectivity index (χ1) is 20.7. The lowest BCUT2D eigenvalue weighted by atomic mass is 9.55. The second-order valence-electron chi connectivity index (χ2n) is 16.9. The summed E-state index contributed by atoms with van der Waals surface area (Å²) in [6.45, 7) is 0. The van der Waals surface area contributed by atoms with Crippen LogP contribution in [0.25, 0.3) is 21.9 Å². The summed E-state index contributed by atoms with van der Waals surface area (Å²) >= 11 is 0. The highest BCUT2D eigenvalue weighted by molar-refractivity contribution is 6.21. The van der Waals surface area contributed by atoms with E-state index in [1.165, 1.54) is 44.2 Å². The Labute approximate surface area is 241 Å². The molecule has 2 aromatic rings. The summed E-state index contributed by atoms with van der Waals surface area (Å²) in [7, 11) is 0. The summed E-state index contributed by atoms with van der Waals surface area (Å²) in [6.07, 6.45) is 17.0. The van der Waals surface area contributed by atoms with Crippen LogP contribution in [0, 0.1) is 65.1 Å². The number of fused-ring (bicyclic) bond motifs is 5. The second-order valence-corrected chi connectivity index (χ2v) is 16.9. The van der Waals surface area contributed by atoms with E-state index in [4.69, 9.17) is 0 Å². The Morgan fingerprint density at radius 2 is 1.24 bits per heavy atom. The standard InChI is InChI=1S/C40H26F2/c41-39-19-9-10-20-18-8-6-16-14-4-2-12-11-1-3-13-15-5-7-17(19)27-25(15)30-23(13)21(11)29-22(12)24(14)31-26(16)28(18)38(40(20,39)42)36-34(31)32(29)33(30)35(36)37(27)39/h1-8,11-15,17,19-25,27H,9-10H2. The molecule has 0 bridgehead atoms. The van der Waals surface area contributed by atoms with Crippen molar-refractivity contribution in [3.8, 4) is 0 Å². The largest absolute Gasteiger partial charge is 0.235 e. The van der Waals surface area contributed by atoms with Crippen LogP contribution >= 0.6 is 0 Å².